The summed E-state index contributed by atoms with van der Waals surface area (Å²) in [5, 5.41) is 9.43. The van der Waals surface area contributed by atoms with Gasteiger partial charge in [0.05, 0.1) is 5.41 Å². The van der Waals surface area contributed by atoms with Gasteiger partial charge in [-0.25, -0.2) is 4.79 Å². The number of carboxylic acid groups (broad SMARTS) is 1. The molecule has 1 unspecified atom stereocenters. The first kappa shape index (κ1) is 15.5. The molecule has 1 atom stereocenters. The van der Waals surface area contributed by atoms with E-state index in [-0.39, 0.29) is 6.03 Å². The van der Waals surface area contributed by atoms with Gasteiger partial charge in [0, 0.05) is 26.2 Å². The molecule has 1 saturated heterocycles. The van der Waals surface area contributed by atoms with E-state index >= 15 is 0 Å². The van der Waals surface area contributed by atoms with Crippen LogP contribution in [0.4, 0.5) is 4.79 Å². The molecule has 1 heterocycles. The molecule has 0 spiro atoms. The van der Waals surface area contributed by atoms with Gasteiger partial charge in [-0.1, -0.05) is 19.4 Å². The molecule has 0 aromatic carbocycles. The van der Waals surface area contributed by atoms with Crippen LogP contribution in [0.3, 0.4) is 0 Å². The van der Waals surface area contributed by atoms with Gasteiger partial charge in [0.1, 0.15) is 0 Å². The Morgan fingerprint density at radius 1 is 1.47 bits per heavy atom. The minimum absolute atomic E-state index is 0.0818. The van der Waals surface area contributed by atoms with Gasteiger partial charge in [-0.2, -0.15) is 0 Å². The van der Waals surface area contributed by atoms with E-state index in [1.54, 1.807) is 15.9 Å². The Kier molecular flexibility index (Phi) is 5.39. The maximum Gasteiger partial charge on any atom is 0.320 e. The largest absolute Gasteiger partial charge is 0.481 e. The second-order valence-electron chi connectivity index (χ2n) is 5.12. The van der Waals surface area contributed by atoms with E-state index in [0.717, 1.165) is 6.42 Å². The van der Waals surface area contributed by atoms with Crippen LogP contribution >= 0.6 is 0 Å². The summed E-state index contributed by atoms with van der Waals surface area (Å²) in [6, 6.07) is -0.0818. The average molecular weight is 268 g/mol. The summed E-state index contributed by atoms with van der Waals surface area (Å²) < 4.78 is 0. The highest BCUT2D eigenvalue weighted by atomic mass is 16.4. The third kappa shape index (κ3) is 3.28. The molecule has 0 aliphatic carbocycles. The van der Waals surface area contributed by atoms with Crippen LogP contribution in [0.15, 0.2) is 12.7 Å². The van der Waals surface area contributed by atoms with E-state index in [9.17, 15) is 14.7 Å². The second-order valence-corrected chi connectivity index (χ2v) is 5.12. The van der Waals surface area contributed by atoms with Crippen molar-refractivity contribution in [2.75, 3.05) is 26.2 Å². The number of urea groups is 1. The van der Waals surface area contributed by atoms with Gasteiger partial charge in [-0.3, -0.25) is 4.79 Å². The first-order valence-electron chi connectivity index (χ1n) is 6.89. The number of carboxylic acids is 1. The number of aliphatic carboxylic acids is 1. The van der Waals surface area contributed by atoms with Crippen molar-refractivity contribution in [1.29, 1.82) is 0 Å². The maximum absolute atomic E-state index is 12.3. The van der Waals surface area contributed by atoms with E-state index < -0.39 is 11.4 Å². The first-order valence-corrected chi connectivity index (χ1v) is 6.89. The zero-order valence-electron chi connectivity index (χ0n) is 11.9. The Balaban J connectivity index is 2.75. The molecule has 1 N–H and O–H groups in total. The minimum atomic E-state index is -0.781. The molecular weight excluding hydrogens is 244 g/mol. The minimum Gasteiger partial charge on any atom is -0.481 e. The van der Waals surface area contributed by atoms with E-state index in [2.05, 4.69) is 6.58 Å². The quantitative estimate of drug-likeness (QED) is 0.751. The van der Waals surface area contributed by atoms with Gasteiger partial charge in [-0.15, -0.1) is 6.58 Å². The topological polar surface area (TPSA) is 60.9 Å². The number of hydrogen-bond acceptors (Lipinski definition) is 2. The third-order valence-corrected chi connectivity index (χ3v) is 3.81. The summed E-state index contributed by atoms with van der Waals surface area (Å²) in [4.78, 5) is 27.1. The Morgan fingerprint density at radius 3 is 2.63 bits per heavy atom. The average Bonchev–Trinajstić information content (AvgIpc) is 2.81. The summed E-state index contributed by atoms with van der Waals surface area (Å²) in [5.74, 6) is -0.781. The summed E-state index contributed by atoms with van der Waals surface area (Å²) in [6.07, 6.45) is 3.68. The van der Waals surface area contributed by atoms with Crippen molar-refractivity contribution in [3.63, 3.8) is 0 Å². The standard InChI is InChI=1S/C14H24N2O3/c1-4-7-14(12(17)18)8-10-16(11-14)13(19)15(6-3)9-5-2/h5H,2,4,6-11H2,1,3H3,(H,17,18). The highest BCUT2D eigenvalue weighted by molar-refractivity contribution is 5.80. The van der Waals surface area contributed by atoms with Crippen LogP contribution in [-0.2, 0) is 4.79 Å². The van der Waals surface area contributed by atoms with Crippen LogP contribution in [0.2, 0.25) is 0 Å². The normalized spacial score (nSPS) is 22.3. The molecule has 1 rings (SSSR count). The predicted molar refractivity (Wildman–Crippen MR) is 74.0 cm³/mol. The number of carbonyl (C=O) groups excluding carboxylic acids is 1. The molecule has 1 aliphatic rings. The number of nitrogens with zero attached hydrogens (tertiary/aromatic N) is 2. The fourth-order valence-corrected chi connectivity index (χ4v) is 2.70. The first-order chi connectivity index (χ1) is 9.00. The molecule has 5 heteroatoms. The second kappa shape index (κ2) is 6.59. The van der Waals surface area contributed by atoms with Crippen molar-refractivity contribution in [3.8, 4) is 0 Å². The Morgan fingerprint density at radius 2 is 2.16 bits per heavy atom. The van der Waals surface area contributed by atoms with Crippen molar-refractivity contribution < 1.29 is 14.7 Å². The molecule has 0 aromatic heterocycles. The SMILES string of the molecule is C=CCN(CC)C(=O)N1CCC(CCC)(C(=O)O)C1. The molecule has 1 aliphatic heterocycles. The Labute approximate surface area is 114 Å². The van der Waals surface area contributed by atoms with E-state index in [1.807, 2.05) is 13.8 Å². The van der Waals surface area contributed by atoms with Crippen LogP contribution in [0, 0.1) is 5.41 Å². The summed E-state index contributed by atoms with van der Waals surface area (Å²) in [7, 11) is 0. The lowest BCUT2D eigenvalue weighted by Crippen LogP contribution is -2.44. The monoisotopic (exact) mass is 268 g/mol. The highest BCUT2D eigenvalue weighted by Gasteiger charge is 2.45. The van der Waals surface area contributed by atoms with Gasteiger partial charge in [0.2, 0.25) is 0 Å². The van der Waals surface area contributed by atoms with E-state index in [4.69, 9.17) is 0 Å². The lowest BCUT2D eigenvalue weighted by atomic mass is 9.83. The van der Waals surface area contributed by atoms with Gasteiger partial charge in [-0.05, 0) is 19.8 Å². The molecule has 5 nitrogen and oxygen atoms in total. The van der Waals surface area contributed by atoms with Gasteiger partial charge >= 0.3 is 12.0 Å². The highest BCUT2D eigenvalue weighted by Crippen LogP contribution is 2.35. The van der Waals surface area contributed by atoms with Gasteiger partial charge in [0.15, 0.2) is 0 Å². The van der Waals surface area contributed by atoms with Crippen molar-refractivity contribution in [3.05, 3.63) is 12.7 Å². The van der Waals surface area contributed by atoms with Crippen molar-refractivity contribution in [1.82, 2.24) is 9.80 Å². The van der Waals surface area contributed by atoms with Crippen LogP contribution in [-0.4, -0.2) is 53.1 Å². The lowest BCUT2D eigenvalue weighted by molar-refractivity contribution is -0.148. The van der Waals surface area contributed by atoms with Crippen molar-refractivity contribution in [2.24, 2.45) is 5.41 Å². The zero-order chi connectivity index (χ0) is 14.5. The van der Waals surface area contributed by atoms with Crippen molar-refractivity contribution in [2.45, 2.75) is 33.1 Å². The molecule has 2 amide bonds. The number of carbonyl (C=O) groups is 2. The Bertz CT molecular complexity index is 357. The summed E-state index contributed by atoms with van der Waals surface area (Å²) >= 11 is 0. The smallest absolute Gasteiger partial charge is 0.320 e. The lowest BCUT2D eigenvalue weighted by Gasteiger charge is -2.28. The van der Waals surface area contributed by atoms with E-state index in [0.29, 0.717) is 39.0 Å². The number of likely N-dealkylation sites (tertiary alicyclic amines) is 1. The third-order valence-electron chi connectivity index (χ3n) is 3.81. The summed E-state index contributed by atoms with van der Waals surface area (Å²) in [5.41, 5.74) is -0.752. The molecule has 1 fully saturated rings. The molecule has 0 saturated carbocycles. The predicted octanol–water partition coefficient (Wildman–Crippen LogP) is 2.19. The number of likely N-dealkylation sites (N-methyl/N-ethyl adjacent to an activating group) is 1. The molecule has 0 bridgehead atoms. The van der Waals surface area contributed by atoms with E-state index in [1.165, 1.54) is 0 Å². The maximum atomic E-state index is 12.3. The molecule has 19 heavy (non-hydrogen) atoms. The van der Waals surface area contributed by atoms with Crippen LogP contribution in [0.5, 0.6) is 0 Å². The molecule has 0 radical (unpaired) electrons. The van der Waals surface area contributed by atoms with Crippen LogP contribution in [0.1, 0.15) is 33.1 Å². The fourth-order valence-electron chi connectivity index (χ4n) is 2.70. The van der Waals surface area contributed by atoms with Crippen molar-refractivity contribution >= 4 is 12.0 Å². The molecule has 0 aromatic rings. The number of rotatable bonds is 6. The van der Waals surface area contributed by atoms with Gasteiger partial charge in [0.25, 0.3) is 0 Å². The zero-order valence-corrected chi connectivity index (χ0v) is 11.9. The number of hydrogen-bond donors (Lipinski definition) is 1. The van der Waals surface area contributed by atoms with Crippen LogP contribution in [0.25, 0.3) is 0 Å². The molecular formula is C14H24N2O3. The Hall–Kier alpha value is -1.52. The molecule has 108 valence electrons. The van der Waals surface area contributed by atoms with Crippen LogP contribution < -0.4 is 0 Å². The number of amides is 2. The van der Waals surface area contributed by atoms with Gasteiger partial charge < -0.3 is 14.9 Å². The fraction of sp³-hybridized carbons (Fsp3) is 0.714. The summed E-state index contributed by atoms with van der Waals surface area (Å²) in [6.45, 7) is 9.48.